The molecule has 0 unspecified atom stereocenters. The van der Waals surface area contributed by atoms with Gasteiger partial charge in [0.2, 0.25) is 11.9 Å². The molecule has 0 saturated heterocycles. The van der Waals surface area contributed by atoms with Crippen molar-refractivity contribution in [2.75, 3.05) is 5.32 Å². The topological polar surface area (TPSA) is 106 Å². The first kappa shape index (κ1) is 18.0. The third kappa shape index (κ3) is 3.88. The van der Waals surface area contributed by atoms with E-state index < -0.39 is 0 Å². The van der Waals surface area contributed by atoms with Gasteiger partial charge in [0.1, 0.15) is 0 Å². The van der Waals surface area contributed by atoms with E-state index in [1.54, 1.807) is 11.6 Å². The Morgan fingerprint density at radius 2 is 2.00 bits per heavy atom. The SMILES string of the molecule is Cc1cc(=O)[nH]c(-n2nc(C)c(CCC(=O)Nc3nc(C)cs3)c2C)n1. The molecule has 0 atom stereocenters. The number of anilines is 1. The van der Waals surface area contributed by atoms with Gasteiger partial charge in [0, 0.05) is 29.3 Å². The first-order valence-corrected chi connectivity index (χ1v) is 9.07. The second-order valence-corrected chi connectivity index (χ2v) is 6.97. The molecule has 0 saturated carbocycles. The maximum absolute atomic E-state index is 12.2. The lowest BCUT2D eigenvalue weighted by Gasteiger charge is -2.05. The summed E-state index contributed by atoms with van der Waals surface area (Å²) in [5.74, 6) is 0.289. The van der Waals surface area contributed by atoms with Crippen molar-refractivity contribution in [1.29, 1.82) is 0 Å². The minimum atomic E-state index is -0.222. The highest BCUT2D eigenvalue weighted by molar-refractivity contribution is 7.13. The predicted molar refractivity (Wildman–Crippen MR) is 100.0 cm³/mol. The molecule has 0 aromatic carbocycles. The number of nitrogens with zero attached hydrogens (tertiary/aromatic N) is 4. The van der Waals surface area contributed by atoms with Gasteiger partial charge in [-0.1, -0.05) is 0 Å². The fourth-order valence-corrected chi connectivity index (χ4v) is 3.44. The van der Waals surface area contributed by atoms with Crippen LogP contribution in [-0.2, 0) is 11.2 Å². The number of H-pyrrole nitrogens is 1. The Labute approximate surface area is 154 Å². The van der Waals surface area contributed by atoms with Crippen LogP contribution in [0.1, 0.15) is 34.8 Å². The lowest BCUT2D eigenvalue weighted by atomic mass is 10.1. The zero-order valence-corrected chi connectivity index (χ0v) is 15.9. The summed E-state index contributed by atoms with van der Waals surface area (Å²) in [6.07, 6.45) is 0.869. The molecule has 136 valence electrons. The lowest BCUT2D eigenvalue weighted by Crippen LogP contribution is -2.15. The van der Waals surface area contributed by atoms with Crippen LogP contribution in [0.3, 0.4) is 0 Å². The fourth-order valence-electron chi connectivity index (χ4n) is 2.74. The molecule has 3 aromatic rings. The molecular formula is C17H20N6O2S. The fraction of sp³-hybridized carbons (Fsp3) is 0.353. The number of rotatable bonds is 5. The van der Waals surface area contributed by atoms with Crippen LogP contribution in [0, 0.1) is 27.7 Å². The zero-order valence-electron chi connectivity index (χ0n) is 15.1. The molecule has 9 heteroatoms. The van der Waals surface area contributed by atoms with Gasteiger partial charge in [0.05, 0.1) is 11.4 Å². The molecule has 0 aliphatic rings. The van der Waals surface area contributed by atoms with Gasteiger partial charge in [-0.25, -0.2) is 14.6 Å². The highest BCUT2D eigenvalue weighted by Gasteiger charge is 2.16. The molecule has 1 amide bonds. The second-order valence-electron chi connectivity index (χ2n) is 6.11. The maximum atomic E-state index is 12.2. The standard InChI is InChI=1S/C17H20N6O2S/c1-9-7-15(25)20-16(18-9)23-12(4)13(11(3)22-23)5-6-14(24)21-17-19-10(2)8-26-17/h7-8H,5-6H2,1-4H3,(H,18,20,25)(H,19,21,24). The van der Waals surface area contributed by atoms with E-state index >= 15 is 0 Å². The number of aryl methyl sites for hydroxylation is 3. The van der Waals surface area contributed by atoms with E-state index in [1.165, 1.54) is 17.4 Å². The van der Waals surface area contributed by atoms with Gasteiger partial charge in [0.15, 0.2) is 5.13 Å². The number of hydrogen-bond acceptors (Lipinski definition) is 6. The highest BCUT2D eigenvalue weighted by atomic mass is 32.1. The Morgan fingerprint density at radius 3 is 2.65 bits per heavy atom. The molecule has 0 fully saturated rings. The monoisotopic (exact) mass is 372 g/mol. The van der Waals surface area contributed by atoms with Gasteiger partial charge < -0.3 is 5.32 Å². The van der Waals surface area contributed by atoms with Gasteiger partial charge in [-0.05, 0) is 39.7 Å². The average Bonchev–Trinajstić information content (AvgIpc) is 3.08. The molecule has 26 heavy (non-hydrogen) atoms. The van der Waals surface area contributed by atoms with Crippen molar-refractivity contribution < 1.29 is 4.79 Å². The number of aromatic amines is 1. The molecule has 3 rings (SSSR count). The Kier molecular flexibility index (Phi) is 4.99. The third-order valence-electron chi connectivity index (χ3n) is 3.97. The van der Waals surface area contributed by atoms with Crippen molar-refractivity contribution in [2.45, 2.75) is 40.5 Å². The van der Waals surface area contributed by atoms with Crippen LogP contribution in [0.2, 0.25) is 0 Å². The van der Waals surface area contributed by atoms with Crippen molar-refractivity contribution in [3.8, 4) is 5.95 Å². The third-order valence-corrected chi connectivity index (χ3v) is 4.84. The Balaban J connectivity index is 1.75. The molecule has 0 aliphatic heterocycles. The van der Waals surface area contributed by atoms with Crippen LogP contribution in [-0.4, -0.2) is 30.6 Å². The van der Waals surface area contributed by atoms with Crippen molar-refractivity contribution in [1.82, 2.24) is 24.7 Å². The van der Waals surface area contributed by atoms with Crippen molar-refractivity contribution in [2.24, 2.45) is 0 Å². The number of amides is 1. The van der Waals surface area contributed by atoms with E-state index in [4.69, 9.17) is 0 Å². The molecule has 0 spiro atoms. The van der Waals surface area contributed by atoms with Gasteiger partial charge >= 0.3 is 0 Å². The minimum absolute atomic E-state index is 0.0898. The van der Waals surface area contributed by atoms with E-state index in [0.717, 1.165) is 22.6 Å². The Morgan fingerprint density at radius 1 is 1.23 bits per heavy atom. The normalized spacial score (nSPS) is 10.9. The molecule has 3 heterocycles. The maximum Gasteiger partial charge on any atom is 0.252 e. The van der Waals surface area contributed by atoms with Crippen LogP contribution in [0.4, 0.5) is 5.13 Å². The predicted octanol–water partition coefficient (Wildman–Crippen LogP) is 2.22. The van der Waals surface area contributed by atoms with E-state index in [0.29, 0.717) is 29.6 Å². The van der Waals surface area contributed by atoms with Gasteiger partial charge in [0.25, 0.3) is 5.56 Å². The average molecular weight is 372 g/mol. The van der Waals surface area contributed by atoms with E-state index in [2.05, 4.69) is 25.4 Å². The molecule has 0 bridgehead atoms. The highest BCUT2D eigenvalue weighted by Crippen LogP contribution is 2.19. The minimum Gasteiger partial charge on any atom is -0.302 e. The second kappa shape index (κ2) is 7.20. The molecule has 3 aromatic heterocycles. The van der Waals surface area contributed by atoms with Crippen LogP contribution in [0.15, 0.2) is 16.2 Å². The molecule has 0 aliphatic carbocycles. The summed E-state index contributed by atoms with van der Waals surface area (Å²) in [7, 11) is 0. The van der Waals surface area contributed by atoms with Gasteiger partial charge in [-0.3, -0.25) is 14.6 Å². The summed E-state index contributed by atoms with van der Waals surface area (Å²) in [6.45, 7) is 7.43. The molecular weight excluding hydrogens is 352 g/mol. The number of aromatic nitrogens is 5. The summed E-state index contributed by atoms with van der Waals surface area (Å²) in [5, 5.41) is 9.78. The summed E-state index contributed by atoms with van der Waals surface area (Å²) in [5.41, 5.74) is 3.92. The van der Waals surface area contributed by atoms with Crippen molar-refractivity contribution in [3.63, 3.8) is 0 Å². The number of carbonyl (C=O) groups excluding carboxylic acids is 1. The number of nitrogens with one attached hydrogen (secondary N) is 2. The largest absolute Gasteiger partial charge is 0.302 e. The van der Waals surface area contributed by atoms with Gasteiger partial charge in [-0.2, -0.15) is 5.10 Å². The summed E-state index contributed by atoms with van der Waals surface area (Å²) in [4.78, 5) is 35.1. The van der Waals surface area contributed by atoms with Crippen LogP contribution in [0.25, 0.3) is 5.95 Å². The Bertz CT molecular complexity index is 1020. The van der Waals surface area contributed by atoms with Crippen LogP contribution >= 0.6 is 11.3 Å². The summed E-state index contributed by atoms with van der Waals surface area (Å²) in [6, 6.07) is 1.43. The number of hydrogen-bond donors (Lipinski definition) is 2. The molecule has 8 nitrogen and oxygen atoms in total. The summed E-state index contributed by atoms with van der Waals surface area (Å²) < 4.78 is 1.61. The van der Waals surface area contributed by atoms with Gasteiger partial charge in [-0.15, -0.1) is 11.3 Å². The van der Waals surface area contributed by atoms with E-state index in [-0.39, 0.29) is 11.5 Å². The Hall–Kier alpha value is -2.81. The quantitative estimate of drug-likeness (QED) is 0.714. The first-order valence-electron chi connectivity index (χ1n) is 8.19. The van der Waals surface area contributed by atoms with Crippen LogP contribution < -0.4 is 10.9 Å². The van der Waals surface area contributed by atoms with E-state index in [9.17, 15) is 9.59 Å². The van der Waals surface area contributed by atoms with Crippen molar-refractivity contribution in [3.05, 3.63) is 50.1 Å². The lowest BCUT2D eigenvalue weighted by molar-refractivity contribution is -0.116. The smallest absolute Gasteiger partial charge is 0.252 e. The molecule has 2 N–H and O–H groups in total. The van der Waals surface area contributed by atoms with Crippen LogP contribution in [0.5, 0.6) is 0 Å². The molecule has 0 radical (unpaired) electrons. The van der Waals surface area contributed by atoms with Crippen molar-refractivity contribution >= 4 is 22.4 Å². The zero-order chi connectivity index (χ0) is 18.8. The van der Waals surface area contributed by atoms with E-state index in [1.807, 2.05) is 26.2 Å². The summed E-state index contributed by atoms with van der Waals surface area (Å²) >= 11 is 1.41. The first-order chi connectivity index (χ1) is 12.3. The number of carbonyl (C=O) groups is 1. The number of thiazole rings is 1.